The van der Waals surface area contributed by atoms with Gasteiger partial charge in [-0.1, -0.05) is 24.6 Å². The van der Waals surface area contributed by atoms with E-state index in [9.17, 15) is 0 Å². The van der Waals surface area contributed by atoms with Gasteiger partial charge in [0, 0.05) is 22.8 Å². The predicted octanol–water partition coefficient (Wildman–Crippen LogP) is 4.52. The fourth-order valence-corrected chi connectivity index (χ4v) is 2.72. The summed E-state index contributed by atoms with van der Waals surface area (Å²) in [5.74, 6) is 1.04. The van der Waals surface area contributed by atoms with Crippen LogP contribution < -0.4 is 5.73 Å². The smallest absolute Gasteiger partial charge is 0.114 e. The lowest BCUT2D eigenvalue weighted by Gasteiger charge is -2.10. The highest BCUT2D eigenvalue weighted by Crippen LogP contribution is 2.27. The summed E-state index contributed by atoms with van der Waals surface area (Å²) < 4.78 is 2.17. The Hall–Kier alpha value is -2.00. The molecule has 108 valence electrons. The molecule has 1 aromatic heterocycles. The van der Waals surface area contributed by atoms with Gasteiger partial charge in [0.1, 0.15) is 5.82 Å². The molecular formula is C17H18ClN3. The highest BCUT2D eigenvalue weighted by molar-refractivity contribution is 6.31. The van der Waals surface area contributed by atoms with E-state index in [-0.39, 0.29) is 0 Å². The van der Waals surface area contributed by atoms with Crippen LogP contribution in [-0.2, 0) is 6.42 Å². The molecule has 3 rings (SSSR count). The van der Waals surface area contributed by atoms with Crippen molar-refractivity contribution >= 4 is 28.3 Å². The molecule has 2 N–H and O–H groups in total. The molecule has 0 amide bonds. The number of nitrogen functional groups attached to an aromatic ring is 1. The Morgan fingerprint density at radius 3 is 2.71 bits per heavy atom. The Balaban J connectivity index is 2.27. The number of hydrogen-bond donors (Lipinski definition) is 1. The highest BCUT2D eigenvalue weighted by Gasteiger charge is 2.12. The molecule has 2 aromatic carbocycles. The Kier molecular flexibility index (Phi) is 3.60. The number of anilines is 1. The Labute approximate surface area is 129 Å². The third-order valence-corrected chi connectivity index (χ3v) is 4.04. The fourth-order valence-electron chi connectivity index (χ4n) is 2.55. The van der Waals surface area contributed by atoms with Crippen LogP contribution in [0.15, 0.2) is 36.4 Å². The summed E-state index contributed by atoms with van der Waals surface area (Å²) in [5, 5.41) is 0.771. The molecule has 4 heteroatoms. The van der Waals surface area contributed by atoms with Crippen LogP contribution >= 0.6 is 11.6 Å². The van der Waals surface area contributed by atoms with Gasteiger partial charge in [-0.15, -0.1) is 0 Å². The molecule has 3 nitrogen and oxygen atoms in total. The van der Waals surface area contributed by atoms with E-state index in [2.05, 4.69) is 17.6 Å². The first-order valence-electron chi connectivity index (χ1n) is 7.13. The first-order chi connectivity index (χ1) is 10.1. The molecule has 0 aliphatic carbocycles. The van der Waals surface area contributed by atoms with Gasteiger partial charge >= 0.3 is 0 Å². The number of halogens is 1. The molecule has 0 unspecified atom stereocenters. The van der Waals surface area contributed by atoms with E-state index in [1.165, 1.54) is 0 Å². The second-order valence-electron chi connectivity index (χ2n) is 5.30. The zero-order chi connectivity index (χ0) is 15.0. The average molecular weight is 300 g/mol. The van der Waals surface area contributed by atoms with E-state index in [0.29, 0.717) is 0 Å². The van der Waals surface area contributed by atoms with Gasteiger partial charge in [-0.3, -0.25) is 4.57 Å². The number of imidazole rings is 1. The summed E-state index contributed by atoms with van der Waals surface area (Å²) in [5.41, 5.74) is 10.7. The maximum Gasteiger partial charge on any atom is 0.114 e. The van der Waals surface area contributed by atoms with Crippen LogP contribution in [0.25, 0.3) is 16.7 Å². The summed E-state index contributed by atoms with van der Waals surface area (Å²) in [6.07, 6.45) is 1.96. The van der Waals surface area contributed by atoms with Gasteiger partial charge in [0.15, 0.2) is 0 Å². The lowest BCUT2D eigenvalue weighted by atomic mass is 10.2. The van der Waals surface area contributed by atoms with Gasteiger partial charge in [-0.05, 0) is 49.2 Å². The number of nitrogens with two attached hydrogens (primary N) is 1. The fraction of sp³-hybridized carbons (Fsp3) is 0.235. The minimum atomic E-state index is 0.733. The third-order valence-electron chi connectivity index (χ3n) is 3.64. The van der Waals surface area contributed by atoms with Crippen LogP contribution in [0.5, 0.6) is 0 Å². The molecule has 0 aliphatic heterocycles. The van der Waals surface area contributed by atoms with Gasteiger partial charge in [0.25, 0.3) is 0 Å². The largest absolute Gasteiger partial charge is 0.399 e. The van der Waals surface area contributed by atoms with Crippen LogP contribution in [0.1, 0.15) is 24.7 Å². The van der Waals surface area contributed by atoms with Crippen molar-refractivity contribution in [2.45, 2.75) is 26.7 Å². The number of fused-ring (bicyclic) bond motifs is 1. The predicted molar refractivity (Wildman–Crippen MR) is 89.2 cm³/mol. The number of aromatic nitrogens is 2. The summed E-state index contributed by atoms with van der Waals surface area (Å²) >= 11 is 6.28. The van der Waals surface area contributed by atoms with E-state index in [0.717, 1.165) is 51.7 Å². The topological polar surface area (TPSA) is 43.8 Å². The van der Waals surface area contributed by atoms with Crippen molar-refractivity contribution in [3.63, 3.8) is 0 Å². The zero-order valence-corrected chi connectivity index (χ0v) is 13.0. The van der Waals surface area contributed by atoms with Crippen LogP contribution in [0.4, 0.5) is 5.69 Å². The first-order valence-corrected chi connectivity index (χ1v) is 7.51. The van der Waals surface area contributed by atoms with E-state index >= 15 is 0 Å². The van der Waals surface area contributed by atoms with E-state index < -0.39 is 0 Å². The monoisotopic (exact) mass is 299 g/mol. The normalized spacial score (nSPS) is 11.2. The maximum atomic E-state index is 6.28. The molecule has 0 aliphatic rings. The van der Waals surface area contributed by atoms with Crippen molar-refractivity contribution in [2.75, 3.05) is 5.73 Å². The zero-order valence-electron chi connectivity index (χ0n) is 12.2. The number of benzene rings is 2. The molecule has 0 atom stereocenters. The Morgan fingerprint density at radius 1 is 1.19 bits per heavy atom. The number of aryl methyl sites for hydroxylation is 2. The lowest BCUT2D eigenvalue weighted by Crippen LogP contribution is -2.01. The summed E-state index contributed by atoms with van der Waals surface area (Å²) in [6.45, 7) is 4.16. The van der Waals surface area contributed by atoms with Crippen molar-refractivity contribution in [1.29, 1.82) is 0 Å². The average Bonchev–Trinajstić information content (AvgIpc) is 2.79. The molecule has 0 spiro atoms. The minimum absolute atomic E-state index is 0.733. The molecular weight excluding hydrogens is 282 g/mol. The van der Waals surface area contributed by atoms with Crippen LogP contribution in [0.2, 0.25) is 5.02 Å². The molecule has 21 heavy (non-hydrogen) atoms. The van der Waals surface area contributed by atoms with Gasteiger partial charge in [0.05, 0.1) is 11.0 Å². The standard InChI is InChI=1S/C17H18ClN3/c1-3-4-17-20-15-9-12(19)6-8-16(15)21(17)13-7-5-11(2)14(18)10-13/h5-10H,3-4,19H2,1-2H3. The quantitative estimate of drug-likeness (QED) is 0.723. The van der Waals surface area contributed by atoms with Crippen molar-refractivity contribution in [3.8, 4) is 5.69 Å². The Bertz CT molecular complexity index is 805. The number of nitrogens with zero attached hydrogens (tertiary/aromatic N) is 2. The minimum Gasteiger partial charge on any atom is -0.399 e. The van der Waals surface area contributed by atoms with Gasteiger partial charge in [-0.2, -0.15) is 0 Å². The van der Waals surface area contributed by atoms with Gasteiger partial charge in [0.2, 0.25) is 0 Å². The SMILES string of the molecule is CCCc1nc2cc(N)ccc2n1-c1ccc(C)c(Cl)c1. The van der Waals surface area contributed by atoms with E-state index in [4.69, 9.17) is 22.3 Å². The molecule has 0 fully saturated rings. The summed E-state index contributed by atoms with van der Waals surface area (Å²) in [7, 11) is 0. The Morgan fingerprint density at radius 2 is 2.00 bits per heavy atom. The third kappa shape index (κ3) is 2.49. The molecule has 0 radical (unpaired) electrons. The van der Waals surface area contributed by atoms with Crippen LogP contribution in [0, 0.1) is 6.92 Å². The number of rotatable bonds is 3. The van der Waals surface area contributed by atoms with Crippen LogP contribution in [0.3, 0.4) is 0 Å². The number of hydrogen-bond acceptors (Lipinski definition) is 2. The highest BCUT2D eigenvalue weighted by atomic mass is 35.5. The van der Waals surface area contributed by atoms with E-state index in [1.807, 2.05) is 37.3 Å². The van der Waals surface area contributed by atoms with Gasteiger partial charge in [-0.25, -0.2) is 4.98 Å². The lowest BCUT2D eigenvalue weighted by molar-refractivity contribution is 0.818. The second-order valence-corrected chi connectivity index (χ2v) is 5.70. The molecule has 0 saturated heterocycles. The molecule has 0 saturated carbocycles. The van der Waals surface area contributed by atoms with Crippen molar-refractivity contribution < 1.29 is 0 Å². The van der Waals surface area contributed by atoms with E-state index in [1.54, 1.807) is 0 Å². The maximum absolute atomic E-state index is 6.28. The summed E-state index contributed by atoms with van der Waals surface area (Å²) in [6, 6.07) is 12.0. The van der Waals surface area contributed by atoms with Crippen molar-refractivity contribution in [3.05, 3.63) is 52.8 Å². The van der Waals surface area contributed by atoms with Crippen molar-refractivity contribution in [1.82, 2.24) is 9.55 Å². The first kappa shape index (κ1) is 14.0. The molecule has 1 heterocycles. The second kappa shape index (κ2) is 5.41. The van der Waals surface area contributed by atoms with Crippen LogP contribution in [-0.4, -0.2) is 9.55 Å². The summed E-state index contributed by atoms with van der Waals surface area (Å²) in [4.78, 5) is 4.73. The van der Waals surface area contributed by atoms with Gasteiger partial charge < -0.3 is 5.73 Å². The molecule has 3 aromatic rings. The molecule has 0 bridgehead atoms. The van der Waals surface area contributed by atoms with Crippen molar-refractivity contribution in [2.24, 2.45) is 0 Å².